The Morgan fingerprint density at radius 2 is 2.04 bits per heavy atom. The Morgan fingerprint density at radius 3 is 2.67 bits per heavy atom. The Kier molecular flexibility index (Phi) is 6.98. The van der Waals surface area contributed by atoms with E-state index in [1.165, 1.54) is 37.1 Å². The number of hydrogen-bond donors (Lipinski definition) is 1. The van der Waals surface area contributed by atoms with Gasteiger partial charge >= 0.3 is 5.51 Å². The lowest BCUT2D eigenvalue weighted by Gasteiger charge is -2.30. The molecule has 1 N–H and O–H groups in total. The number of benzene rings is 1. The fourth-order valence-electron chi connectivity index (χ4n) is 2.90. The Hall–Kier alpha value is -1.21. The molecular weight excluding hydrogens is 337 g/mol. The molecule has 134 valence electrons. The van der Waals surface area contributed by atoms with Crippen molar-refractivity contribution in [1.82, 2.24) is 10.2 Å². The van der Waals surface area contributed by atoms with Crippen molar-refractivity contribution in [3.05, 3.63) is 29.8 Å². The summed E-state index contributed by atoms with van der Waals surface area (Å²) in [5.74, 6) is 0.493. The van der Waals surface area contributed by atoms with E-state index in [1.54, 1.807) is 0 Å². The van der Waals surface area contributed by atoms with E-state index < -0.39 is 5.51 Å². The van der Waals surface area contributed by atoms with Gasteiger partial charge in [-0.25, -0.2) is 0 Å². The van der Waals surface area contributed by atoms with Gasteiger partial charge in [0.25, 0.3) is 5.91 Å². The molecule has 7 heteroatoms. The van der Waals surface area contributed by atoms with Crippen molar-refractivity contribution in [2.75, 3.05) is 26.2 Å². The maximum Gasteiger partial charge on any atom is 0.446 e. The summed E-state index contributed by atoms with van der Waals surface area (Å²) in [6.07, 6.45) is 3.39. The maximum atomic E-state index is 12.3. The normalized spacial score (nSPS) is 19.2. The summed E-state index contributed by atoms with van der Waals surface area (Å²) < 4.78 is 36.8. The van der Waals surface area contributed by atoms with E-state index in [0.717, 1.165) is 32.0 Å². The molecule has 0 spiro atoms. The monoisotopic (exact) mass is 360 g/mol. The summed E-state index contributed by atoms with van der Waals surface area (Å²) in [5, 5.41) is 2.82. The molecule has 24 heavy (non-hydrogen) atoms. The van der Waals surface area contributed by atoms with E-state index in [9.17, 15) is 18.0 Å². The smallest absolute Gasteiger partial charge is 0.352 e. The van der Waals surface area contributed by atoms with Gasteiger partial charge < -0.3 is 10.2 Å². The molecule has 0 aromatic heterocycles. The Balaban J connectivity index is 1.70. The summed E-state index contributed by atoms with van der Waals surface area (Å²) in [6.45, 7) is 6.03. The van der Waals surface area contributed by atoms with Crippen molar-refractivity contribution in [2.24, 2.45) is 5.92 Å². The highest BCUT2D eigenvalue weighted by Gasteiger charge is 2.29. The fourth-order valence-corrected chi connectivity index (χ4v) is 3.44. The molecule has 1 aromatic rings. The van der Waals surface area contributed by atoms with Gasteiger partial charge in [0.2, 0.25) is 0 Å². The van der Waals surface area contributed by atoms with Gasteiger partial charge in [-0.1, -0.05) is 6.92 Å². The topological polar surface area (TPSA) is 32.3 Å². The van der Waals surface area contributed by atoms with Gasteiger partial charge in [-0.2, -0.15) is 13.2 Å². The first kappa shape index (κ1) is 19.1. The highest BCUT2D eigenvalue weighted by Crippen LogP contribution is 2.36. The van der Waals surface area contributed by atoms with Crippen molar-refractivity contribution in [3.8, 4) is 0 Å². The predicted molar refractivity (Wildman–Crippen MR) is 90.1 cm³/mol. The molecule has 0 radical (unpaired) electrons. The van der Waals surface area contributed by atoms with Crippen molar-refractivity contribution in [3.63, 3.8) is 0 Å². The molecule has 1 heterocycles. The maximum absolute atomic E-state index is 12.3. The quantitative estimate of drug-likeness (QED) is 0.611. The summed E-state index contributed by atoms with van der Waals surface area (Å²) in [4.78, 5) is 14.5. The van der Waals surface area contributed by atoms with E-state index >= 15 is 0 Å². The van der Waals surface area contributed by atoms with Gasteiger partial charge in [-0.3, -0.25) is 4.79 Å². The molecule has 0 bridgehead atoms. The van der Waals surface area contributed by atoms with Gasteiger partial charge in [0, 0.05) is 23.5 Å². The lowest BCUT2D eigenvalue weighted by atomic mass is 10.0. The summed E-state index contributed by atoms with van der Waals surface area (Å²) in [7, 11) is 0. The van der Waals surface area contributed by atoms with Gasteiger partial charge in [0.1, 0.15) is 0 Å². The molecule has 0 aliphatic carbocycles. The highest BCUT2D eigenvalue weighted by atomic mass is 32.2. The van der Waals surface area contributed by atoms with Crippen LogP contribution in [0.3, 0.4) is 0 Å². The second-order valence-electron chi connectivity index (χ2n) is 6.23. The highest BCUT2D eigenvalue weighted by molar-refractivity contribution is 8.00. The third-order valence-corrected chi connectivity index (χ3v) is 4.77. The van der Waals surface area contributed by atoms with Crippen LogP contribution in [0.2, 0.25) is 0 Å². The summed E-state index contributed by atoms with van der Waals surface area (Å²) in [5.41, 5.74) is -3.93. The number of amides is 1. The number of halogens is 3. The minimum Gasteiger partial charge on any atom is -0.352 e. The van der Waals surface area contributed by atoms with Crippen LogP contribution in [0.15, 0.2) is 29.2 Å². The Morgan fingerprint density at radius 1 is 1.33 bits per heavy atom. The number of alkyl halides is 3. The van der Waals surface area contributed by atoms with Gasteiger partial charge in [0.05, 0.1) is 0 Å². The molecule has 0 saturated carbocycles. The molecule has 1 aromatic carbocycles. The van der Waals surface area contributed by atoms with Gasteiger partial charge in [-0.15, -0.1) is 0 Å². The number of thioether (sulfide) groups is 1. The average Bonchev–Trinajstić information content (AvgIpc) is 2.50. The number of piperidine rings is 1. The third-order valence-electron chi connectivity index (χ3n) is 4.03. The number of carbonyl (C=O) groups excluding carboxylic acids is 1. The Bertz CT molecular complexity index is 534. The average molecular weight is 360 g/mol. The molecule has 1 atom stereocenters. The second kappa shape index (κ2) is 8.76. The van der Waals surface area contributed by atoms with Crippen molar-refractivity contribution in [1.29, 1.82) is 0 Å². The third kappa shape index (κ3) is 6.73. The van der Waals surface area contributed by atoms with Crippen LogP contribution in [0.1, 0.15) is 36.5 Å². The van der Waals surface area contributed by atoms with Gasteiger partial charge in [0.15, 0.2) is 0 Å². The first-order valence-electron chi connectivity index (χ1n) is 8.20. The second-order valence-corrected chi connectivity index (χ2v) is 7.37. The number of likely N-dealkylation sites (tertiary alicyclic amines) is 1. The Labute approximate surface area is 145 Å². The van der Waals surface area contributed by atoms with E-state index in [2.05, 4.69) is 17.1 Å². The molecule has 2 rings (SSSR count). The number of carbonyl (C=O) groups is 1. The summed E-state index contributed by atoms with van der Waals surface area (Å²) >= 11 is -0.179. The molecule has 1 saturated heterocycles. The van der Waals surface area contributed by atoms with Crippen LogP contribution >= 0.6 is 11.8 Å². The largest absolute Gasteiger partial charge is 0.446 e. The number of nitrogens with one attached hydrogen (secondary N) is 1. The van der Waals surface area contributed by atoms with Gasteiger partial charge in [-0.05, 0) is 74.3 Å². The zero-order valence-corrected chi connectivity index (χ0v) is 14.6. The zero-order valence-electron chi connectivity index (χ0n) is 13.7. The zero-order chi connectivity index (χ0) is 17.6. The van der Waals surface area contributed by atoms with Crippen LogP contribution in [0.4, 0.5) is 13.2 Å². The SMILES string of the molecule is CC1CCCN(CCCNC(=O)c2ccc(SC(F)(F)F)cc2)C1. The molecule has 1 amide bonds. The standard InChI is InChI=1S/C17H23F3N2OS/c1-13-4-2-10-22(12-13)11-3-9-21-16(23)14-5-7-15(8-6-14)24-17(18,19)20/h5-8,13H,2-4,9-12H2,1H3,(H,21,23). The fraction of sp³-hybridized carbons (Fsp3) is 0.588. The van der Waals surface area contributed by atoms with E-state index in [-0.39, 0.29) is 22.6 Å². The minimum atomic E-state index is -4.31. The number of rotatable bonds is 6. The molecular formula is C17H23F3N2OS. The molecule has 3 nitrogen and oxygen atoms in total. The van der Waals surface area contributed by atoms with Crippen LogP contribution in [0, 0.1) is 5.92 Å². The van der Waals surface area contributed by atoms with Crippen LogP contribution in [-0.4, -0.2) is 42.5 Å². The number of nitrogens with zero attached hydrogens (tertiary/aromatic N) is 1. The van der Waals surface area contributed by atoms with Crippen LogP contribution in [-0.2, 0) is 0 Å². The molecule has 1 fully saturated rings. The molecule has 1 aliphatic heterocycles. The predicted octanol–water partition coefficient (Wildman–Crippen LogP) is 4.15. The van der Waals surface area contributed by atoms with Crippen LogP contribution < -0.4 is 5.32 Å². The van der Waals surface area contributed by atoms with Crippen LogP contribution in [0.5, 0.6) is 0 Å². The van der Waals surface area contributed by atoms with Crippen LogP contribution in [0.25, 0.3) is 0 Å². The first-order chi connectivity index (χ1) is 11.3. The van der Waals surface area contributed by atoms with Crippen molar-refractivity contribution < 1.29 is 18.0 Å². The first-order valence-corrected chi connectivity index (χ1v) is 9.01. The minimum absolute atomic E-state index is 0.0817. The van der Waals surface area contributed by atoms with Crippen molar-refractivity contribution >= 4 is 17.7 Å². The molecule has 1 unspecified atom stereocenters. The summed E-state index contributed by atoms with van der Waals surface area (Å²) in [6, 6.07) is 5.50. The van der Waals surface area contributed by atoms with E-state index in [0.29, 0.717) is 12.1 Å². The molecule has 1 aliphatic rings. The number of hydrogen-bond acceptors (Lipinski definition) is 3. The lowest BCUT2D eigenvalue weighted by Crippen LogP contribution is -2.36. The lowest BCUT2D eigenvalue weighted by molar-refractivity contribution is -0.0328. The van der Waals surface area contributed by atoms with Crippen molar-refractivity contribution in [2.45, 2.75) is 36.6 Å². The van der Waals surface area contributed by atoms with E-state index in [4.69, 9.17) is 0 Å². The van der Waals surface area contributed by atoms with E-state index in [1.807, 2.05) is 0 Å².